The summed E-state index contributed by atoms with van der Waals surface area (Å²) in [6.45, 7) is 6.62. The van der Waals surface area contributed by atoms with Gasteiger partial charge in [-0.2, -0.15) is 0 Å². The molecule has 2 rings (SSSR count). The first-order chi connectivity index (χ1) is 10.2. The molecule has 0 aliphatic rings. The molecule has 1 heterocycles. The summed E-state index contributed by atoms with van der Waals surface area (Å²) in [6.07, 6.45) is 5.78. The molecule has 1 atom stereocenters. The van der Waals surface area contributed by atoms with E-state index in [1.165, 1.54) is 11.1 Å². The van der Waals surface area contributed by atoms with Crippen LogP contribution in [0.3, 0.4) is 0 Å². The van der Waals surface area contributed by atoms with Gasteiger partial charge in [-0.15, -0.1) is 0 Å². The molecule has 0 spiro atoms. The largest absolute Gasteiger partial charge is 0.399 e. The van der Waals surface area contributed by atoms with Gasteiger partial charge in [0.15, 0.2) is 0 Å². The Balaban J connectivity index is 1.92. The molecule has 112 valence electrons. The first-order valence-electron chi connectivity index (χ1n) is 7.67. The Morgan fingerprint density at radius 3 is 2.52 bits per heavy atom. The molecule has 21 heavy (non-hydrogen) atoms. The summed E-state index contributed by atoms with van der Waals surface area (Å²) in [5, 5.41) is 0. The first-order valence-corrected chi connectivity index (χ1v) is 7.67. The average Bonchev–Trinajstić information content (AvgIpc) is 2.51. The summed E-state index contributed by atoms with van der Waals surface area (Å²) in [7, 11) is 0. The molecule has 0 radical (unpaired) electrons. The van der Waals surface area contributed by atoms with Crippen molar-refractivity contribution in [3.05, 3.63) is 59.9 Å². The number of nitrogens with two attached hydrogens (primary N) is 1. The molecule has 0 saturated heterocycles. The van der Waals surface area contributed by atoms with E-state index in [1.54, 1.807) is 0 Å². The van der Waals surface area contributed by atoms with E-state index < -0.39 is 0 Å². The van der Waals surface area contributed by atoms with Gasteiger partial charge in [0, 0.05) is 30.7 Å². The Hall–Kier alpha value is -1.87. The summed E-state index contributed by atoms with van der Waals surface area (Å²) in [5.74, 6) is 0. The molecule has 0 aliphatic carbocycles. The van der Waals surface area contributed by atoms with Crippen molar-refractivity contribution < 1.29 is 0 Å². The molecule has 0 bridgehead atoms. The Morgan fingerprint density at radius 1 is 1.14 bits per heavy atom. The second-order valence-corrected chi connectivity index (χ2v) is 5.49. The van der Waals surface area contributed by atoms with Crippen LogP contribution in [0.25, 0.3) is 0 Å². The van der Waals surface area contributed by atoms with E-state index in [9.17, 15) is 0 Å². The van der Waals surface area contributed by atoms with Gasteiger partial charge in [-0.05, 0) is 55.6 Å². The van der Waals surface area contributed by atoms with E-state index in [1.807, 2.05) is 24.5 Å². The topological polar surface area (TPSA) is 42.2 Å². The Labute approximate surface area is 127 Å². The van der Waals surface area contributed by atoms with E-state index in [0.717, 1.165) is 31.6 Å². The smallest absolute Gasteiger partial charge is 0.0347 e. The van der Waals surface area contributed by atoms with Crippen molar-refractivity contribution in [3.63, 3.8) is 0 Å². The van der Waals surface area contributed by atoms with Crippen molar-refractivity contribution >= 4 is 5.69 Å². The molecule has 0 amide bonds. The highest BCUT2D eigenvalue weighted by Gasteiger charge is 2.13. The highest BCUT2D eigenvalue weighted by molar-refractivity contribution is 5.46. The predicted molar refractivity (Wildman–Crippen MR) is 89.2 cm³/mol. The molecule has 0 aliphatic heterocycles. The van der Waals surface area contributed by atoms with Crippen molar-refractivity contribution in [2.75, 3.05) is 18.8 Å². The standard InChI is InChI=1S/C18H25N3/c1-3-21(13-10-16-8-11-20-12-9-16)15(2)14-17-6-4-5-7-18(17)19/h4-9,11-12,15H,3,10,13-14,19H2,1-2H3. The van der Waals surface area contributed by atoms with E-state index in [2.05, 4.69) is 48.0 Å². The Morgan fingerprint density at radius 2 is 1.86 bits per heavy atom. The maximum Gasteiger partial charge on any atom is 0.0347 e. The fourth-order valence-electron chi connectivity index (χ4n) is 2.68. The third kappa shape index (κ3) is 4.57. The zero-order valence-corrected chi connectivity index (χ0v) is 13.0. The summed E-state index contributed by atoms with van der Waals surface area (Å²) in [6, 6.07) is 12.8. The Bertz CT molecular complexity index is 539. The van der Waals surface area contributed by atoms with Crippen LogP contribution in [0.5, 0.6) is 0 Å². The van der Waals surface area contributed by atoms with E-state index >= 15 is 0 Å². The lowest BCUT2D eigenvalue weighted by molar-refractivity contribution is 0.221. The highest BCUT2D eigenvalue weighted by Crippen LogP contribution is 2.15. The van der Waals surface area contributed by atoms with Crippen LogP contribution < -0.4 is 5.73 Å². The molecular weight excluding hydrogens is 258 g/mol. The van der Waals surface area contributed by atoms with E-state index in [0.29, 0.717) is 6.04 Å². The number of benzene rings is 1. The van der Waals surface area contributed by atoms with E-state index in [4.69, 9.17) is 5.73 Å². The van der Waals surface area contributed by atoms with Crippen molar-refractivity contribution in [2.24, 2.45) is 0 Å². The lowest BCUT2D eigenvalue weighted by Gasteiger charge is -2.28. The Kier molecular flexibility index (Phi) is 5.76. The number of nitrogens with zero attached hydrogens (tertiary/aromatic N) is 2. The van der Waals surface area contributed by atoms with Crippen LogP contribution in [-0.2, 0) is 12.8 Å². The number of anilines is 1. The van der Waals surface area contributed by atoms with Gasteiger partial charge in [0.2, 0.25) is 0 Å². The monoisotopic (exact) mass is 283 g/mol. The third-order valence-corrected chi connectivity index (χ3v) is 4.04. The van der Waals surface area contributed by atoms with Crippen molar-refractivity contribution in [1.29, 1.82) is 0 Å². The number of nitrogen functional groups attached to an aromatic ring is 1. The number of hydrogen-bond acceptors (Lipinski definition) is 3. The van der Waals surface area contributed by atoms with Crippen LogP contribution in [0.4, 0.5) is 5.69 Å². The molecule has 1 aromatic heterocycles. The van der Waals surface area contributed by atoms with Gasteiger partial charge in [0.1, 0.15) is 0 Å². The number of pyridine rings is 1. The maximum atomic E-state index is 6.05. The zero-order chi connectivity index (χ0) is 15.1. The minimum atomic E-state index is 0.488. The third-order valence-electron chi connectivity index (χ3n) is 4.04. The summed E-state index contributed by atoms with van der Waals surface area (Å²) in [4.78, 5) is 6.57. The highest BCUT2D eigenvalue weighted by atomic mass is 15.1. The number of aromatic nitrogens is 1. The minimum absolute atomic E-state index is 0.488. The van der Waals surface area contributed by atoms with Crippen LogP contribution >= 0.6 is 0 Å². The second kappa shape index (κ2) is 7.79. The fourth-order valence-corrected chi connectivity index (χ4v) is 2.68. The van der Waals surface area contributed by atoms with Gasteiger partial charge in [0.25, 0.3) is 0 Å². The molecule has 1 aromatic carbocycles. The molecular formula is C18H25N3. The molecule has 2 N–H and O–H groups in total. The molecule has 3 heteroatoms. The summed E-state index contributed by atoms with van der Waals surface area (Å²) in [5.41, 5.74) is 9.53. The molecule has 1 unspecified atom stereocenters. The molecule has 0 saturated carbocycles. The average molecular weight is 283 g/mol. The van der Waals surface area contributed by atoms with Crippen LogP contribution in [0.15, 0.2) is 48.8 Å². The fraction of sp³-hybridized carbons (Fsp3) is 0.389. The SMILES string of the molecule is CCN(CCc1ccncc1)C(C)Cc1ccccc1N. The quantitative estimate of drug-likeness (QED) is 0.794. The molecule has 0 fully saturated rings. The van der Waals surface area contributed by atoms with Crippen LogP contribution in [-0.4, -0.2) is 29.0 Å². The maximum absolute atomic E-state index is 6.05. The zero-order valence-electron chi connectivity index (χ0n) is 13.0. The number of rotatable bonds is 7. The van der Waals surface area contributed by atoms with Gasteiger partial charge in [-0.3, -0.25) is 4.98 Å². The summed E-state index contributed by atoms with van der Waals surface area (Å²) >= 11 is 0. The predicted octanol–water partition coefficient (Wildman–Crippen LogP) is 3.16. The normalized spacial score (nSPS) is 12.5. The lowest BCUT2D eigenvalue weighted by atomic mass is 10.0. The van der Waals surface area contributed by atoms with E-state index in [-0.39, 0.29) is 0 Å². The van der Waals surface area contributed by atoms with Gasteiger partial charge in [-0.25, -0.2) is 0 Å². The van der Waals surface area contributed by atoms with Gasteiger partial charge in [0.05, 0.1) is 0 Å². The van der Waals surface area contributed by atoms with Crippen molar-refractivity contribution in [3.8, 4) is 0 Å². The van der Waals surface area contributed by atoms with Crippen molar-refractivity contribution in [2.45, 2.75) is 32.7 Å². The molecule has 3 nitrogen and oxygen atoms in total. The van der Waals surface area contributed by atoms with Crippen LogP contribution in [0, 0.1) is 0 Å². The minimum Gasteiger partial charge on any atom is -0.399 e. The van der Waals surface area contributed by atoms with Crippen molar-refractivity contribution in [1.82, 2.24) is 9.88 Å². The number of likely N-dealkylation sites (N-methyl/N-ethyl adjacent to an activating group) is 1. The second-order valence-electron chi connectivity index (χ2n) is 5.49. The van der Waals surface area contributed by atoms with Gasteiger partial charge < -0.3 is 10.6 Å². The number of hydrogen-bond donors (Lipinski definition) is 1. The summed E-state index contributed by atoms with van der Waals surface area (Å²) < 4.78 is 0. The first kappa shape index (κ1) is 15.5. The van der Waals surface area contributed by atoms with Crippen LogP contribution in [0.1, 0.15) is 25.0 Å². The van der Waals surface area contributed by atoms with Gasteiger partial charge >= 0.3 is 0 Å². The van der Waals surface area contributed by atoms with Gasteiger partial charge in [-0.1, -0.05) is 25.1 Å². The van der Waals surface area contributed by atoms with Crippen LogP contribution in [0.2, 0.25) is 0 Å². The molecule has 2 aromatic rings. The lowest BCUT2D eigenvalue weighted by Crippen LogP contribution is -2.36. The number of para-hydroxylation sites is 1.